The van der Waals surface area contributed by atoms with Gasteiger partial charge in [-0.3, -0.25) is 19.2 Å². The molecule has 1 saturated heterocycles. The minimum Gasteiger partial charge on any atom is -0.404 e. The van der Waals surface area contributed by atoms with E-state index < -0.39 is 24.7 Å². The highest BCUT2D eigenvalue weighted by Crippen LogP contribution is 2.56. The van der Waals surface area contributed by atoms with E-state index in [0.29, 0.717) is 12.0 Å². The zero-order valence-corrected chi connectivity index (χ0v) is 13.2. The number of nitro groups is 1. The molecule has 24 heavy (non-hydrogen) atoms. The maximum Gasteiger partial charge on any atom is 0.530 e. The molecule has 1 aliphatic rings. The number of nitro benzene ring substituents is 1. The number of phosphoric ester groups is 1. The van der Waals surface area contributed by atoms with E-state index in [0.717, 1.165) is 0 Å². The third kappa shape index (κ3) is 3.79. The van der Waals surface area contributed by atoms with Crippen LogP contribution in [-0.2, 0) is 13.6 Å². The third-order valence-electron chi connectivity index (χ3n) is 3.37. The van der Waals surface area contributed by atoms with Gasteiger partial charge in [-0.15, -0.1) is 0 Å². The first-order valence-corrected chi connectivity index (χ1v) is 8.54. The van der Waals surface area contributed by atoms with E-state index in [1.54, 1.807) is 6.07 Å². The van der Waals surface area contributed by atoms with Crippen molar-refractivity contribution in [3.05, 3.63) is 70.0 Å². The Balaban J connectivity index is 1.75. The summed E-state index contributed by atoms with van der Waals surface area (Å²) in [7, 11) is -3.90. The fraction of sp³-hybridized carbons (Fsp3) is 0.200. The number of non-ortho nitro benzene ring substituents is 1. The van der Waals surface area contributed by atoms with Gasteiger partial charge in [0.2, 0.25) is 0 Å². The van der Waals surface area contributed by atoms with Crippen LogP contribution in [0.1, 0.15) is 18.1 Å². The molecule has 0 radical (unpaired) electrons. The Bertz CT molecular complexity index is 797. The van der Waals surface area contributed by atoms with Crippen LogP contribution in [0.5, 0.6) is 5.75 Å². The van der Waals surface area contributed by atoms with Gasteiger partial charge >= 0.3 is 7.82 Å². The smallest absolute Gasteiger partial charge is 0.404 e. The number of rotatable bonds is 4. The van der Waals surface area contributed by atoms with Crippen molar-refractivity contribution in [2.75, 3.05) is 6.61 Å². The molecule has 2 aromatic rings. The van der Waals surface area contributed by atoms with Crippen molar-refractivity contribution in [2.45, 2.75) is 12.5 Å². The van der Waals surface area contributed by atoms with Crippen LogP contribution < -0.4 is 4.52 Å². The largest absolute Gasteiger partial charge is 0.530 e. The number of phosphoric acid groups is 1. The molecule has 2 aromatic carbocycles. The van der Waals surface area contributed by atoms with Gasteiger partial charge in [-0.05, 0) is 29.8 Å². The second-order valence-electron chi connectivity index (χ2n) is 5.06. The first kappa shape index (κ1) is 16.6. The molecule has 0 spiro atoms. The van der Waals surface area contributed by atoms with Crippen LogP contribution >= 0.6 is 7.82 Å². The van der Waals surface area contributed by atoms with Gasteiger partial charge in [-0.1, -0.05) is 12.1 Å². The fourth-order valence-electron chi connectivity index (χ4n) is 2.25. The summed E-state index contributed by atoms with van der Waals surface area (Å²) in [6, 6.07) is 10.8. The Labute approximate surface area is 136 Å². The highest BCUT2D eigenvalue weighted by molar-refractivity contribution is 7.49. The van der Waals surface area contributed by atoms with E-state index in [2.05, 4.69) is 0 Å². The quantitative estimate of drug-likeness (QED) is 0.460. The maximum atomic E-state index is 13.3. The van der Waals surface area contributed by atoms with Crippen molar-refractivity contribution in [1.82, 2.24) is 0 Å². The van der Waals surface area contributed by atoms with E-state index in [9.17, 15) is 19.1 Å². The lowest BCUT2D eigenvalue weighted by Crippen LogP contribution is -2.16. The molecule has 126 valence electrons. The second-order valence-corrected chi connectivity index (χ2v) is 6.61. The van der Waals surface area contributed by atoms with Crippen LogP contribution in [-0.4, -0.2) is 11.5 Å². The molecule has 0 bridgehead atoms. The first-order chi connectivity index (χ1) is 11.5. The summed E-state index contributed by atoms with van der Waals surface area (Å²) < 4.78 is 41.7. The average Bonchev–Trinajstić information content (AvgIpc) is 2.55. The summed E-state index contributed by atoms with van der Waals surface area (Å²) in [6.45, 7) is 0.117. The van der Waals surface area contributed by atoms with Crippen LogP contribution in [0.4, 0.5) is 10.1 Å². The van der Waals surface area contributed by atoms with Crippen LogP contribution in [0.3, 0.4) is 0 Å². The monoisotopic (exact) mass is 353 g/mol. The van der Waals surface area contributed by atoms with Crippen molar-refractivity contribution in [2.24, 2.45) is 0 Å². The van der Waals surface area contributed by atoms with Gasteiger partial charge in [0.15, 0.2) is 0 Å². The zero-order chi connectivity index (χ0) is 17.2. The zero-order valence-electron chi connectivity index (χ0n) is 12.3. The topological polar surface area (TPSA) is 87.9 Å². The van der Waals surface area contributed by atoms with Crippen molar-refractivity contribution in [3.8, 4) is 5.75 Å². The minimum absolute atomic E-state index is 0.115. The minimum atomic E-state index is -3.90. The molecule has 7 nitrogen and oxygen atoms in total. The highest BCUT2D eigenvalue weighted by Gasteiger charge is 2.37. The van der Waals surface area contributed by atoms with Crippen molar-refractivity contribution >= 4 is 13.5 Å². The normalized spacial score (nSPS) is 23.6. The Morgan fingerprint density at radius 2 is 2.00 bits per heavy atom. The predicted molar refractivity (Wildman–Crippen MR) is 82.1 cm³/mol. The fourth-order valence-corrected chi connectivity index (χ4v) is 3.65. The van der Waals surface area contributed by atoms with Crippen LogP contribution in [0, 0.1) is 15.9 Å². The molecule has 0 unspecified atom stereocenters. The van der Waals surface area contributed by atoms with E-state index in [1.165, 1.54) is 42.5 Å². The van der Waals surface area contributed by atoms with Crippen molar-refractivity contribution in [3.63, 3.8) is 0 Å². The molecule has 0 saturated carbocycles. The maximum absolute atomic E-state index is 13.3. The predicted octanol–water partition coefficient (Wildman–Crippen LogP) is 4.40. The Morgan fingerprint density at radius 3 is 2.67 bits per heavy atom. The van der Waals surface area contributed by atoms with E-state index in [4.69, 9.17) is 13.6 Å². The Hall–Kier alpha value is -2.28. The van der Waals surface area contributed by atoms with E-state index in [-0.39, 0.29) is 18.0 Å². The van der Waals surface area contributed by atoms with Gasteiger partial charge in [0.25, 0.3) is 5.69 Å². The number of halogens is 1. The third-order valence-corrected chi connectivity index (χ3v) is 4.82. The lowest BCUT2D eigenvalue weighted by atomic mass is 10.1. The van der Waals surface area contributed by atoms with Gasteiger partial charge in [0.1, 0.15) is 11.6 Å². The molecule has 0 aliphatic carbocycles. The first-order valence-electron chi connectivity index (χ1n) is 7.08. The highest BCUT2D eigenvalue weighted by atomic mass is 31.2. The van der Waals surface area contributed by atoms with Gasteiger partial charge in [0, 0.05) is 18.6 Å². The summed E-state index contributed by atoms with van der Waals surface area (Å²) >= 11 is 0. The van der Waals surface area contributed by atoms with Gasteiger partial charge < -0.3 is 4.52 Å². The number of hydrogen-bond donors (Lipinski definition) is 0. The molecule has 0 aromatic heterocycles. The van der Waals surface area contributed by atoms with Crippen molar-refractivity contribution < 1.29 is 27.5 Å². The average molecular weight is 353 g/mol. The Morgan fingerprint density at radius 1 is 1.25 bits per heavy atom. The molecular formula is C15H13FNO6P. The molecule has 3 rings (SSSR count). The molecule has 1 heterocycles. The standard InChI is InChI=1S/C15H13FNO6P/c16-12-3-1-2-11(10-12)15-8-9-21-24(20,23-15)22-14-6-4-13(5-7-14)17(18)19/h1-7,10,15H,8-9H2/t15-,24+/m0/s1. The molecule has 0 N–H and O–H groups in total. The van der Waals surface area contributed by atoms with E-state index in [1.807, 2.05) is 0 Å². The molecule has 1 aliphatic heterocycles. The molecule has 0 amide bonds. The summed E-state index contributed by atoms with van der Waals surface area (Å²) in [5.74, 6) is -0.308. The summed E-state index contributed by atoms with van der Waals surface area (Å²) in [5.41, 5.74) is 0.412. The van der Waals surface area contributed by atoms with Crippen LogP contribution in [0.2, 0.25) is 0 Å². The lowest BCUT2D eigenvalue weighted by Gasteiger charge is -2.29. The molecule has 2 atom stereocenters. The van der Waals surface area contributed by atoms with Gasteiger partial charge in [-0.2, -0.15) is 0 Å². The number of nitrogens with zero attached hydrogens (tertiary/aromatic N) is 1. The number of benzene rings is 2. The van der Waals surface area contributed by atoms with Gasteiger partial charge in [-0.25, -0.2) is 8.96 Å². The number of hydrogen-bond acceptors (Lipinski definition) is 6. The molecular weight excluding hydrogens is 340 g/mol. The second kappa shape index (κ2) is 6.68. The molecule has 1 fully saturated rings. The van der Waals surface area contributed by atoms with Gasteiger partial charge in [0.05, 0.1) is 17.6 Å². The van der Waals surface area contributed by atoms with Crippen molar-refractivity contribution in [1.29, 1.82) is 0 Å². The van der Waals surface area contributed by atoms with E-state index >= 15 is 0 Å². The molecule has 9 heteroatoms. The summed E-state index contributed by atoms with van der Waals surface area (Å²) in [5, 5.41) is 10.6. The SMILES string of the molecule is O=[N+]([O-])c1ccc(O[P@@]2(=O)OCC[C@@H](c3cccc(F)c3)O2)cc1. The van der Waals surface area contributed by atoms with Crippen LogP contribution in [0.25, 0.3) is 0 Å². The van der Waals surface area contributed by atoms with Crippen LogP contribution in [0.15, 0.2) is 48.5 Å². The lowest BCUT2D eigenvalue weighted by molar-refractivity contribution is -0.384. The summed E-state index contributed by atoms with van der Waals surface area (Å²) in [4.78, 5) is 10.1. The Kier molecular flexibility index (Phi) is 4.62. The summed E-state index contributed by atoms with van der Waals surface area (Å²) in [6.07, 6.45) is -0.227.